The van der Waals surface area contributed by atoms with Crippen LogP contribution in [0.1, 0.15) is 38.5 Å². The Balaban J connectivity index is 1.83. The fraction of sp³-hybridized carbons (Fsp3) is 0.923. The van der Waals surface area contributed by atoms with E-state index in [1.54, 1.807) is 0 Å². The molecular formula is C13H23NO3. The monoisotopic (exact) mass is 241 g/mol. The van der Waals surface area contributed by atoms with Crippen LogP contribution in [0.15, 0.2) is 0 Å². The number of nitrogens with zero attached hydrogens (tertiary/aromatic N) is 1. The Morgan fingerprint density at radius 3 is 2.41 bits per heavy atom. The third-order valence-electron chi connectivity index (χ3n) is 4.23. The van der Waals surface area contributed by atoms with Crippen LogP contribution in [-0.2, 0) is 9.53 Å². The minimum Gasteiger partial charge on any atom is -0.469 e. The van der Waals surface area contributed by atoms with Gasteiger partial charge in [-0.25, -0.2) is 0 Å². The number of likely N-dealkylation sites (tertiary alicyclic amines) is 1. The number of methoxy groups -OCH3 is 1. The Labute approximate surface area is 103 Å². The Kier molecular flexibility index (Phi) is 4.40. The molecule has 1 aliphatic heterocycles. The number of rotatable bonds is 2. The fourth-order valence-corrected chi connectivity index (χ4v) is 3.15. The number of hydrogen-bond acceptors (Lipinski definition) is 4. The van der Waals surface area contributed by atoms with Gasteiger partial charge in [-0.05, 0) is 38.8 Å². The topological polar surface area (TPSA) is 49.8 Å². The number of esters is 1. The molecule has 0 aromatic heterocycles. The van der Waals surface area contributed by atoms with Crippen LogP contribution >= 0.6 is 0 Å². The SMILES string of the molecule is COC(=O)C1CCN([C@H]2CCCC[C@@H]2O)CC1. The Morgan fingerprint density at radius 1 is 1.18 bits per heavy atom. The first-order valence-corrected chi connectivity index (χ1v) is 6.72. The van der Waals surface area contributed by atoms with Crippen molar-refractivity contribution in [2.45, 2.75) is 50.7 Å². The Morgan fingerprint density at radius 2 is 1.82 bits per heavy atom. The molecule has 2 aliphatic rings. The summed E-state index contributed by atoms with van der Waals surface area (Å²) in [7, 11) is 1.46. The smallest absolute Gasteiger partial charge is 0.308 e. The van der Waals surface area contributed by atoms with Crippen molar-refractivity contribution in [2.75, 3.05) is 20.2 Å². The van der Waals surface area contributed by atoms with Crippen molar-refractivity contribution in [1.82, 2.24) is 4.90 Å². The molecule has 0 radical (unpaired) electrons. The molecule has 98 valence electrons. The zero-order chi connectivity index (χ0) is 12.3. The average Bonchev–Trinajstić information content (AvgIpc) is 2.39. The van der Waals surface area contributed by atoms with Gasteiger partial charge in [0.25, 0.3) is 0 Å². The zero-order valence-electron chi connectivity index (χ0n) is 10.6. The van der Waals surface area contributed by atoms with Crippen LogP contribution in [0.4, 0.5) is 0 Å². The van der Waals surface area contributed by atoms with Gasteiger partial charge in [-0.1, -0.05) is 12.8 Å². The van der Waals surface area contributed by atoms with Crippen LogP contribution in [0.2, 0.25) is 0 Å². The number of ether oxygens (including phenoxy) is 1. The summed E-state index contributed by atoms with van der Waals surface area (Å²) in [6.07, 6.45) is 5.98. The van der Waals surface area contributed by atoms with Gasteiger partial charge < -0.3 is 9.84 Å². The van der Waals surface area contributed by atoms with E-state index >= 15 is 0 Å². The molecule has 0 spiro atoms. The molecule has 2 fully saturated rings. The zero-order valence-corrected chi connectivity index (χ0v) is 10.6. The van der Waals surface area contributed by atoms with Gasteiger partial charge in [-0.3, -0.25) is 9.69 Å². The molecule has 0 amide bonds. The van der Waals surface area contributed by atoms with Gasteiger partial charge in [0.2, 0.25) is 0 Å². The Bertz CT molecular complexity index is 261. The van der Waals surface area contributed by atoms with E-state index in [0.29, 0.717) is 6.04 Å². The van der Waals surface area contributed by atoms with Gasteiger partial charge in [0.1, 0.15) is 0 Å². The first kappa shape index (κ1) is 12.8. The highest BCUT2D eigenvalue weighted by Gasteiger charge is 2.33. The molecule has 1 saturated heterocycles. The number of aliphatic hydroxyl groups excluding tert-OH is 1. The molecule has 4 nitrogen and oxygen atoms in total. The number of aliphatic hydroxyl groups is 1. The summed E-state index contributed by atoms with van der Waals surface area (Å²) in [5, 5.41) is 10.0. The molecule has 1 N–H and O–H groups in total. The third kappa shape index (κ3) is 2.99. The summed E-state index contributed by atoms with van der Waals surface area (Å²) in [5.41, 5.74) is 0. The van der Waals surface area contributed by atoms with Crippen LogP contribution in [0, 0.1) is 5.92 Å². The summed E-state index contributed by atoms with van der Waals surface area (Å²) >= 11 is 0. The first-order valence-electron chi connectivity index (χ1n) is 6.72. The van der Waals surface area contributed by atoms with Gasteiger partial charge in [0.05, 0.1) is 19.1 Å². The molecule has 1 heterocycles. The van der Waals surface area contributed by atoms with E-state index in [4.69, 9.17) is 4.74 Å². The van der Waals surface area contributed by atoms with Gasteiger partial charge in [-0.2, -0.15) is 0 Å². The van der Waals surface area contributed by atoms with E-state index in [-0.39, 0.29) is 18.0 Å². The van der Waals surface area contributed by atoms with E-state index in [1.165, 1.54) is 13.5 Å². The van der Waals surface area contributed by atoms with Crippen LogP contribution in [-0.4, -0.2) is 48.3 Å². The molecule has 0 unspecified atom stereocenters. The predicted octanol–water partition coefficient (Wildman–Crippen LogP) is 1.17. The maximum Gasteiger partial charge on any atom is 0.308 e. The lowest BCUT2D eigenvalue weighted by Crippen LogP contribution is -2.49. The van der Waals surface area contributed by atoms with E-state index in [2.05, 4.69) is 4.90 Å². The van der Waals surface area contributed by atoms with E-state index < -0.39 is 0 Å². The minimum atomic E-state index is -0.168. The third-order valence-corrected chi connectivity index (χ3v) is 4.23. The second-order valence-electron chi connectivity index (χ2n) is 5.25. The highest BCUT2D eigenvalue weighted by molar-refractivity contribution is 5.72. The summed E-state index contributed by atoms with van der Waals surface area (Å²) < 4.78 is 4.78. The van der Waals surface area contributed by atoms with Crippen molar-refractivity contribution in [3.63, 3.8) is 0 Å². The van der Waals surface area contributed by atoms with Crippen molar-refractivity contribution in [3.05, 3.63) is 0 Å². The van der Waals surface area contributed by atoms with Crippen molar-refractivity contribution in [2.24, 2.45) is 5.92 Å². The van der Waals surface area contributed by atoms with Gasteiger partial charge in [0, 0.05) is 6.04 Å². The molecule has 17 heavy (non-hydrogen) atoms. The van der Waals surface area contributed by atoms with E-state index in [0.717, 1.165) is 45.2 Å². The summed E-state index contributed by atoms with van der Waals surface area (Å²) in [6.45, 7) is 1.84. The molecule has 2 rings (SSSR count). The molecule has 2 atom stereocenters. The molecule has 1 saturated carbocycles. The number of carbonyl (C=O) groups excluding carboxylic acids is 1. The molecular weight excluding hydrogens is 218 g/mol. The standard InChI is InChI=1S/C13H23NO3/c1-17-13(16)10-6-8-14(9-7-10)11-4-2-3-5-12(11)15/h10-12,15H,2-9H2,1H3/t11-,12-/m0/s1. The lowest BCUT2D eigenvalue weighted by atomic mass is 9.88. The quantitative estimate of drug-likeness (QED) is 0.737. The van der Waals surface area contributed by atoms with Crippen molar-refractivity contribution in [3.8, 4) is 0 Å². The van der Waals surface area contributed by atoms with Crippen molar-refractivity contribution >= 4 is 5.97 Å². The minimum absolute atomic E-state index is 0.0667. The van der Waals surface area contributed by atoms with E-state index in [9.17, 15) is 9.90 Å². The van der Waals surface area contributed by atoms with Gasteiger partial charge in [-0.15, -0.1) is 0 Å². The molecule has 0 bridgehead atoms. The predicted molar refractivity (Wildman–Crippen MR) is 64.6 cm³/mol. The Hall–Kier alpha value is -0.610. The van der Waals surface area contributed by atoms with Crippen LogP contribution in [0.5, 0.6) is 0 Å². The van der Waals surface area contributed by atoms with Gasteiger partial charge in [0.15, 0.2) is 0 Å². The average molecular weight is 241 g/mol. The highest BCUT2D eigenvalue weighted by Crippen LogP contribution is 2.27. The highest BCUT2D eigenvalue weighted by atomic mass is 16.5. The lowest BCUT2D eigenvalue weighted by molar-refractivity contribution is -0.147. The normalized spacial score (nSPS) is 32.4. The molecule has 1 aliphatic carbocycles. The van der Waals surface area contributed by atoms with Crippen LogP contribution < -0.4 is 0 Å². The van der Waals surface area contributed by atoms with Crippen LogP contribution in [0.25, 0.3) is 0 Å². The molecule has 4 heteroatoms. The van der Waals surface area contributed by atoms with Crippen LogP contribution in [0.3, 0.4) is 0 Å². The maximum absolute atomic E-state index is 11.4. The summed E-state index contributed by atoms with van der Waals surface area (Å²) in [5.74, 6) is -0.00849. The number of carbonyl (C=O) groups is 1. The van der Waals surface area contributed by atoms with E-state index in [1.807, 2.05) is 0 Å². The maximum atomic E-state index is 11.4. The second-order valence-corrected chi connectivity index (χ2v) is 5.25. The summed E-state index contributed by atoms with van der Waals surface area (Å²) in [6, 6.07) is 0.322. The number of hydrogen-bond donors (Lipinski definition) is 1. The lowest BCUT2D eigenvalue weighted by Gasteiger charge is -2.41. The van der Waals surface area contributed by atoms with Crippen molar-refractivity contribution in [1.29, 1.82) is 0 Å². The molecule has 0 aromatic carbocycles. The van der Waals surface area contributed by atoms with Gasteiger partial charge >= 0.3 is 5.97 Å². The largest absolute Gasteiger partial charge is 0.469 e. The fourth-order valence-electron chi connectivity index (χ4n) is 3.15. The van der Waals surface area contributed by atoms with Crippen molar-refractivity contribution < 1.29 is 14.6 Å². The number of piperidine rings is 1. The second kappa shape index (κ2) is 5.83. The molecule has 0 aromatic rings. The first-order chi connectivity index (χ1) is 8.22. The summed E-state index contributed by atoms with van der Waals surface area (Å²) in [4.78, 5) is 13.8.